The van der Waals surface area contributed by atoms with Gasteiger partial charge in [0, 0.05) is 12.1 Å². The van der Waals surface area contributed by atoms with E-state index in [9.17, 15) is 0 Å². The first-order valence-electron chi connectivity index (χ1n) is 6.14. The molecule has 1 aromatic carbocycles. The van der Waals surface area contributed by atoms with E-state index in [0.717, 1.165) is 0 Å². The van der Waals surface area contributed by atoms with Crippen LogP contribution in [0, 0.1) is 0 Å². The van der Waals surface area contributed by atoms with E-state index in [1.165, 1.54) is 21.0 Å². The molecule has 0 aliphatic heterocycles. The second kappa shape index (κ2) is 5.01. The average molecular weight is 245 g/mol. The van der Waals surface area contributed by atoms with E-state index < -0.39 is 0 Å². The van der Waals surface area contributed by atoms with E-state index >= 15 is 0 Å². The van der Waals surface area contributed by atoms with Crippen LogP contribution in [0.4, 0.5) is 0 Å². The largest absolute Gasteiger partial charge is 0.249 e. The maximum atomic E-state index is 4.47. The van der Waals surface area contributed by atoms with Crippen molar-refractivity contribution in [3.8, 4) is 10.4 Å². The van der Waals surface area contributed by atoms with Crippen LogP contribution in [0.1, 0.15) is 50.1 Å². The van der Waals surface area contributed by atoms with Gasteiger partial charge in [-0.1, -0.05) is 52.0 Å². The average Bonchev–Trinajstić information content (AvgIpc) is 2.78. The van der Waals surface area contributed by atoms with Gasteiger partial charge >= 0.3 is 0 Å². The third-order valence-corrected chi connectivity index (χ3v) is 4.23. The van der Waals surface area contributed by atoms with Crippen molar-refractivity contribution >= 4 is 11.3 Å². The highest BCUT2D eigenvalue weighted by molar-refractivity contribution is 7.15. The van der Waals surface area contributed by atoms with Crippen molar-refractivity contribution in [2.75, 3.05) is 0 Å². The van der Waals surface area contributed by atoms with Crippen molar-refractivity contribution in [2.24, 2.45) is 0 Å². The number of hydrogen-bond donors (Lipinski definition) is 0. The quantitative estimate of drug-likeness (QED) is 0.736. The molecule has 0 aliphatic carbocycles. The third kappa shape index (κ3) is 2.75. The Morgan fingerprint density at radius 3 is 2.06 bits per heavy atom. The Morgan fingerprint density at radius 1 is 0.941 bits per heavy atom. The van der Waals surface area contributed by atoms with Crippen LogP contribution in [-0.2, 0) is 0 Å². The lowest BCUT2D eigenvalue weighted by Gasteiger charge is -2.05. The molecule has 1 nitrogen and oxygen atoms in total. The third-order valence-electron chi connectivity index (χ3n) is 2.88. The zero-order valence-corrected chi connectivity index (χ0v) is 11.7. The van der Waals surface area contributed by atoms with Gasteiger partial charge in [-0.3, -0.25) is 0 Å². The predicted octanol–water partition coefficient (Wildman–Crippen LogP) is 5.06. The Bertz CT molecular complexity index is 480. The van der Waals surface area contributed by atoms with Crippen molar-refractivity contribution in [1.82, 2.24) is 4.98 Å². The first-order chi connectivity index (χ1) is 8.08. The molecular formula is C15H19NS. The molecular weight excluding hydrogens is 226 g/mol. The lowest BCUT2D eigenvalue weighted by molar-refractivity contribution is 0.852. The molecule has 0 unspecified atom stereocenters. The van der Waals surface area contributed by atoms with Gasteiger partial charge in [-0.15, -0.1) is 11.3 Å². The molecule has 2 aromatic rings. The van der Waals surface area contributed by atoms with Crippen LogP contribution >= 0.6 is 11.3 Å². The van der Waals surface area contributed by atoms with Gasteiger partial charge in [-0.2, -0.15) is 0 Å². The number of rotatable bonds is 3. The summed E-state index contributed by atoms with van der Waals surface area (Å²) in [7, 11) is 0. The summed E-state index contributed by atoms with van der Waals surface area (Å²) < 4.78 is 0. The molecule has 0 atom stereocenters. The van der Waals surface area contributed by atoms with Crippen molar-refractivity contribution in [2.45, 2.75) is 39.5 Å². The predicted molar refractivity (Wildman–Crippen MR) is 75.7 cm³/mol. The summed E-state index contributed by atoms with van der Waals surface area (Å²) in [4.78, 5) is 5.74. The van der Waals surface area contributed by atoms with Crippen LogP contribution in [0.2, 0.25) is 0 Å². The van der Waals surface area contributed by atoms with Crippen molar-refractivity contribution in [3.63, 3.8) is 0 Å². The minimum Gasteiger partial charge on any atom is -0.249 e. The van der Waals surface area contributed by atoms with Crippen LogP contribution < -0.4 is 0 Å². The monoisotopic (exact) mass is 245 g/mol. The SMILES string of the molecule is CC(C)c1ccc(-c2cnc(C(C)C)s2)cc1. The first kappa shape index (κ1) is 12.3. The first-order valence-corrected chi connectivity index (χ1v) is 6.95. The number of thiazole rings is 1. The fourth-order valence-corrected chi connectivity index (χ4v) is 2.65. The Hall–Kier alpha value is -1.15. The smallest absolute Gasteiger partial charge is 0.0956 e. The maximum absolute atomic E-state index is 4.47. The molecule has 0 radical (unpaired) electrons. The number of nitrogens with zero attached hydrogens (tertiary/aromatic N) is 1. The number of aromatic nitrogens is 1. The highest BCUT2D eigenvalue weighted by Crippen LogP contribution is 2.30. The van der Waals surface area contributed by atoms with Gasteiger partial charge < -0.3 is 0 Å². The van der Waals surface area contributed by atoms with Crippen LogP contribution in [0.3, 0.4) is 0 Å². The van der Waals surface area contributed by atoms with Crippen molar-refractivity contribution in [1.29, 1.82) is 0 Å². The van der Waals surface area contributed by atoms with Crippen LogP contribution in [0.25, 0.3) is 10.4 Å². The second-order valence-electron chi connectivity index (χ2n) is 4.99. The molecule has 0 spiro atoms. The van der Waals surface area contributed by atoms with E-state index in [0.29, 0.717) is 11.8 Å². The molecule has 0 N–H and O–H groups in total. The summed E-state index contributed by atoms with van der Waals surface area (Å²) in [6.07, 6.45) is 1.99. The number of hydrogen-bond acceptors (Lipinski definition) is 2. The molecule has 90 valence electrons. The zero-order valence-electron chi connectivity index (χ0n) is 10.9. The lowest BCUT2D eigenvalue weighted by atomic mass is 10.0. The molecule has 0 saturated carbocycles. The van der Waals surface area contributed by atoms with Crippen LogP contribution in [-0.4, -0.2) is 4.98 Å². The molecule has 2 heteroatoms. The molecule has 1 aromatic heterocycles. The minimum atomic E-state index is 0.517. The van der Waals surface area contributed by atoms with E-state index in [2.05, 4.69) is 56.9 Å². The Morgan fingerprint density at radius 2 is 1.59 bits per heavy atom. The van der Waals surface area contributed by atoms with Crippen molar-refractivity contribution in [3.05, 3.63) is 41.0 Å². The number of benzene rings is 1. The molecule has 2 rings (SSSR count). The zero-order chi connectivity index (χ0) is 12.4. The minimum absolute atomic E-state index is 0.517. The molecule has 0 saturated heterocycles. The van der Waals surface area contributed by atoms with Gasteiger partial charge in [0.05, 0.1) is 9.88 Å². The fourth-order valence-electron chi connectivity index (χ4n) is 1.72. The summed E-state index contributed by atoms with van der Waals surface area (Å²) >= 11 is 1.80. The molecule has 0 fully saturated rings. The highest BCUT2D eigenvalue weighted by Gasteiger charge is 2.07. The molecule has 0 amide bonds. The highest BCUT2D eigenvalue weighted by atomic mass is 32.1. The van der Waals surface area contributed by atoms with E-state index in [4.69, 9.17) is 0 Å². The van der Waals surface area contributed by atoms with Crippen LogP contribution in [0.15, 0.2) is 30.5 Å². The van der Waals surface area contributed by atoms with E-state index in [1.54, 1.807) is 11.3 Å². The van der Waals surface area contributed by atoms with Gasteiger partial charge in [0.15, 0.2) is 0 Å². The standard InChI is InChI=1S/C15H19NS/c1-10(2)12-5-7-13(8-6-12)14-9-16-15(17-14)11(3)4/h5-11H,1-4H3. The van der Waals surface area contributed by atoms with Gasteiger partial charge in [-0.25, -0.2) is 4.98 Å². The lowest BCUT2D eigenvalue weighted by Crippen LogP contribution is -1.85. The van der Waals surface area contributed by atoms with Gasteiger partial charge in [0.2, 0.25) is 0 Å². The summed E-state index contributed by atoms with van der Waals surface area (Å²) in [5.74, 6) is 1.11. The van der Waals surface area contributed by atoms with E-state index in [-0.39, 0.29) is 0 Å². The van der Waals surface area contributed by atoms with Gasteiger partial charge in [0.1, 0.15) is 0 Å². The molecule has 1 heterocycles. The van der Waals surface area contributed by atoms with E-state index in [1.807, 2.05) is 6.20 Å². The molecule has 0 aliphatic rings. The normalized spacial score (nSPS) is 11.4. The maximum Gasteiger partial charge on any atom is 0.0956 e. The molecule has 17 heavy (non-hydrogen) atoms. The topological polar surface area (TPSA) is 12.9 Å². The Kier molecular flexibility index (Phi) is 3.63. The van der Waals surface area contributed by atoms with Gasteiger partial charge in [0.25, 0.3) is 0 Å². The summed E-state index contributed by atoms with van der Waals surface area (Å²) in [5, 5.41) is 1.22. The fraction of sp³-hybridized carbons (Fsp3) is 0.400. The summed E-state index contributed by atoms with van der Waals surface area (Å²) in [6.45, 7) is 8.81. The summed E-state index contributed by atoms with van der Waals surface area (Å²) in [5.41, 5.74) is 2.67. The second-order valence-corrected chi connectivity index (χ2v) is 6.06. The van der Waals surface area contributed by atoms with Gasteiger partial charge in [-0.05, 0) is 17.0 Å². The Balaban J connectivity index is 2.27. The summed E-state index contributed by atoms with van der Waals surface area (Å²) in [6, 6.07) is 8.84. The Labute approximate surface area is 108 Å². The molecule has 0 bridgehead atoms. The van der Waals surface area contributed by atoms with Crippen LogP contribution in [0.5, 0.6) is 0 Å². The van der Waals surface area contributed by atoms with Crippen molar-refractivity contribution < 1.29 is 0 Å².